The van der Waals surface area contributed by atoms with Crippen LogP contribution in [-0.2, 0) is 32.2 Å². The molecular formula is C29H37N5O6. The Morgan fingerprint density at radius 3 is 2.60 bits per heavy atom. The van der Waals surface area contributed by atoms with E-state index in [9.17, 15) is 19.2 Å². The van der Waals surface area contributed by atoms with Crippen molar-refractivity contribution < 1.29 is 28.7 Å². The molecule has 0 spiro atoms. The van der Waals surface area contributed by atoms with Gasteiger partial charge in [-0.3, -0.25) is 24.1 Å². The Kier molecular flexibility index (Phi) is 10.5. The van der Waals surface area contributed by atoms with E-state index in [4.69, 9.17) is 9.47 Å². The number of carbonyl (C=O) groups is 4. The summed E-state index contributed by atoms with van der Waals surface area (Å²) in [5.41, 5.74) is 2.28. The van der Waals surface area contributed by atoms with Crippen molar-refractivity contribution in [3.8, 4) is 5.75 Å². The number of hydrogen-bond acceptors (Lipinski definition) is 7. The number of nitrogens with one attached hydrogen (secondary N) is 4. The van der Waals surface area contributed by atoms with Crippen LogP contribution in [0.5, 0.6) is 5.75 Å². The summed E-state index contributed by atoms with van der Waals surface area (Å²) in [6.45, 7) is 6.39. The molecule has 0 unspecified atom stereocenters. The van der Waals surface area contributed by atoms with E-state index in [1.54, 1.807) is 31.2 Å². The molecule has 11 nitrogen and oxygen atoms in total. The van der Waals surface area contributed by atoms with E-state index in [-0.39, 0.29) is 31.0 Å². The van der Waals surface area contributed by atoms with Gasteiger partial charge in [0.1, 0.15) is 17.8 Å². The maximum absolute atomic E-state index is 13.3. The van der Waals surface area contributed by atoms with Gasteiger partial charge < -0.3 is 30.7 Å². The number of ether oxygens (including phenoxy) is 2. The van der Waals surface area contributed by atoms with Crippen molar-refractivity contribution in [2.75, 3.05) is 39.5 Å². The van der Waals surface area contributed by atoms with Crippen molar-refractivity contribution >= 4 is 23.6 Å². The molecule has 1 fully saturated rings. The highest BCUT2D eigenvalue weighted by Gasteiger charge is 2.27. The Morgan fingerprint density at radius 1 is 1.00 bits per heavy atom. The van der Waals surface area contributed by atoms with Gasteiger partial charge in [-0.2, -0.15) is 0 Å². The summed E-state index contributed by atoms with van der Waals surface area (Å²) < 4.78 is 11.2. The number of benzene rings is 2. The van der Waals surface area contributed by atoms with Gasteiger partial charge in [0.2, 0.25) is 17.7 Å². The molecule has 1 saturated heterocycles. The first-order valence-electron chi connectivity index (χ1n) is 13.6. The molecule has 4 rings (SSSR count). The van der Waals surface area contributed by atoms with Crippen LogP contribution in [0.3, 0.4) is 0 Å². The van der Waals surface area contributed by atoms with Crippen LogP contribution in [0.15, 0.2) is 48.5 Å². The second kappa shape index (κ2) is 14.4. The first-order chi connectivity index (χ1) is 19.4. The third-order valence-electron chi connectivity index (χ3n) is 6.76. The van der Waals surface area contributed by atoms with Crippen LogP contribution in [0.25, 0.3) is 0 Å². The average Bonchev–Trinajstić information content (AvgIpc) is 2.96. The van der Waals surface area contributed by atoms with Crippen molar-refractivity contribution in [1.82, 2.24) is 26.2 Å². The molecule has 4 N–H and O–H groups in total. The van der Waals surface area contributed by atoms with Gasteiger partial charge in [-0.05, 0) is 36.6 Å². The van der Waals surface area contributed by atoms with Crippen LogP contribution < -0.4 is 26.0 Å². The van der Waals surface area contributed by atoms with Crippen LogP contribution >= 0.6 is 0 Å². The third kappa shape index (κ3) is 8.52. The Balaban J connectivity index is 1.46. The lowest BCUT2D eigenvalue weighted by Gasteiger charge is -2.26. The molecule has 0 aromatic heterocycles. The molecule has 0 radical (unpaired) electrons. The van der Waals surface area contributed by atoms with Crippen molar-refractivity contribution in [1.29, 1.82) is 0 Å². The SMILES string of the molecule is C[C@@H]1NC(=O)C[C@@H](C(=O)NCc2cccc(CN3CCOCC3)c2)NC(=O)c2ccccc2OCCCNC1=O. The Labute approximate surface area is 234 Å². The monoisotopic (exact) mass is 551 g/mol. The Bertz CT molecular complexity index is 1200. The number of morpholine rings is 1. The Morgan fingerprint density at radius 2 is 1.77 bits per heavy atom. The highest BCUT2D eigenvalue weighted by Crippen LogP contribution is 2.19. The van der Waals surface area contributed by atoms with Gasteiger partial charge in [-0.25, -0.2) is 0 Å². The molecule has 4 amide bonds. The molecule has 40 heavy (non-hydrogen) atoms. The van der Waals surface area contributed by atoms with E-state index in [0.29, 0.717) is 18.7 Å². The molecule has 2 heterocycles. The third-order valence-corrected chi connectivity index (χ3v) is 6.76. The molecule has 2 aromatic rings. The van der Waals surface area contributed by atoms with Crippen molar-refractivity contribution in [2.24, 2.45) is 0 Å². The minimum atomic E-state index is -1.17. The van der Waals surface area contributed by atoms with Crippen LogP contribution in [0, 0.1) is 0 Å². The van der Waals surface area contributed by atoms with Crippen molar-refractivity contribution in [2.45, 2.75) is 44.9 Å². The van der Waals surface area contributed by atoms with Crippen molar-refractivity contribution in [3.05, 3.63) is 65.2 Å². The van der Waals surface area contributed by atoms with Gasteiger partial charge in [0.05, 0.1) is 31.8 Å². The van der Waals surface area contributed by atoms with E-state index >= 15 is 0 Å². The van der Waals surface area contributed by atoms with Gasteiger partial charge in [-0.15, -0.1) is 0 Å². The predicted octanol–water partition coefficient (Wildman–Crippen LogP) is 0.727. The summed E-state index contributed by atoms with van der Waals surface area (Å²) in [5.74, 6) is -1.56. The smallest absolute Gasteiger partial charge is 0.255 e. The van der Waals surface area contributed by atoms with E-state index in [0.717, 1.165) is 44.0 Å². The van der Waals surface area contributed by atoms with Gasteiger partial charge in [0.15, 0.2) is 0 Å². The van der Waals surface area contributed by atoms with E-state index in [2.05, 4.69) is 26.2 Å². The highest BCUT2D eigenvalue weighted by atomic mass is 16.5. The second-order valence-corrected chi connectivity index (χ2v) is 9.93. The van der Waals surface area contributed by atoms with Crippen LogP contribution in [0.4, 0.5) is 0 Å². The zero-order valence-corrected chi connectivity index (χ0v) is 22.7. The number of nitrogens with zero attached hydrogens (tertiary/aromatic N) is 1. The number of para-hydroxylation sites is 1. The quantitative estimate of drug-likeness (QED) is 0.430. The van der Waals surface area contributed by atoms with Crippen LogP contribution in [-0.4, -0.2) is 80.1 Å². The Hall–Kier alpha value is -3.96. The fourth-order valence-electron chi connectivity index (χ4n) is 4.56. The summed E-state index contributed by atoms with van der Waals surface area (Å²) in [4.78, 5) is 53.9. The van der Waals surface area contributed by atoms with E-state index in [1.807, 2.05) is 24.3 Å². The van der Waals surface area contributed by atoms with Crippen LogP contribution in [0.2, 0.25) is 0 Å². The lowest BCUT2D eigenvalue weighted by atomic mass is 10.1. The van der Waals surface area contributed by atoms with E-state index < -0.39 is 29.8 Å². The van der Waals surface area contributed by atoms with Crippen molar-refractivity contribution in [3.63, 3.8) is 0 Å². The molecule has 0 saturated carbocycles. The largest absolute Gasteiger partial charge is 0.493 e. The molecule has 2 aliphatic heterocycles. The molecule has 2 atom stereocenters. The summed E-state index contributed by atoms with van der Waals surface area (Å²) in [6.07, 6.45) is 0.177. The van der Waals surface area contributed by atoms with Gasteiger partial charge in [0.25, 0.3) is 5.91 Å². The van der Waals surface area contributed by atoms with Gasteiger partial charge in [-0.1, -0.05) is 36.4 Å². The lowest BCUT2D eigenvalue weighted by molar-refractivity contribution is -0.130. The molecule has 11 heteroatoms. The lowest BCUT2D eigenvalue weighted by Crippen LogP contribution is -2.51. The summed E-state index contributed by atoms with van der Waals surface area (Å²) in [5, 5.41) is 10.9. The molecule has 0 bridgehead atoms. The predicted molar refractivity (Wildman–Crippen MR) is 147 cm³/mol. The highest BCUT2D eigenvalue weighted by molar-refractivity contribution is 6.01. The maximum Gasteiger partial charge on any atom is 0.255 e. The number of hydrogen-bond donors (Lipinski definition) is 4. The zero-order valence-electron chi connectivity index (χ0n) is 22.7. The molecule has 2 aromatic carbocycles. The number of carbonyl (C=O) groups excluding carboxylic acids is 4. The van der Waals surface area contributed by atoms with Crippen LogP contribution in [0.1, 0.15) is 41.3 Å². The first kappa shape index (κ1) is 29.0. The van der Waals surface area contributed by atoms with Gasteiger partial charge in [0, 0.05) is 32.7 Å². The van der Waals surface area contributed by atoms with Gasteiger partial charge >= 0.3 is 0 Å². The normalized spacial score (nSPS) is 21.4. The fraction of sp³-hybridized carbons (Fsp3) is 0.448. The summed E-state index contributed by atoms with van der Waals surface area (Å²) >= 11 is 0. The maximum atomic E-state index is 13.3. The molecule has 0 aliphatic carbocycles. The summed E-state index contributed by atoms with van der Waals surface area (Å²) in [7, 11) is 0. The molecule has 214 valence electrons. The standard InChI is InChI=1S/C29H37N5O6/c1-20-27(36)30-10-5-13-40-25-9-3-2-8-23(25)28(37)33-24(17-26(35)32-20)29(38)31-18-21-6-4-7-22(16-21)19-34-11-14-39-15-12-34/h2-4,6-9,16,20,24H,5,10-15,17-19H2,1H3,(H,30,36)(H,31,38)(H,32,35)(H,33,37)/t20-,24-/m0/s1. The minimum absolute atomic E-state index is 0.224. The van der Waals surface area contributed by atoms with E-state index in [1.165, 1.54) is 0 Å². The number of rotatable bonds is 5. The average molecular weight is 552 g/mol. The minimum Gasteiger partial charge on any atom is -0.493 e. The number of fused-ring (bicyclic) bond motifs is 1. The first-order valence-corrected chi connectivity index (χ1v) is 13.6. The zero-order chi connectivity index (χ0) is 28.3. The topological polar surface area (TPSA) is 138 Å². The fourth-order valence-corrected chi connectivity index (χ4v) is 4.56. The molecular weight excluding hydrogens is 514 g/mol. The molecule has 2 aliphatic rings. The second-order valence-electron chi connectivity index (χ2n) is 9.93. The summed E-state index contributed by atoms with van der Waals surface area (Å²) in [6, 6.07) is 12.7. The number of amides is 4.